The van der Waals surface area contributed by atoms with Gasteiger partial charge in [0.2, 0.25) is 0 Å². The summed E-state index contributed by atoms with van der Waals surface area (Å²) in [5, 5.41) is 0. The van der Waals surface area contributed by atoms with Crippen molar-refractivity contribution in [1.82, 2.24) is 9.88 Å². The van der Waals surface area contributed by atoms with Gasteiger partial charge in [0, 0.05) is 25.4 Å². The number of rotatable bonds is 7. The molecule has 0 aliphatic carbocycles. The zero-order chi connectivity index (χ0) is 15.1. The molecule has 0 bridgehead atoms. The third kappa shape index (κ3) is 5.08. The van der Waals surface area contributed by atoms with Gasteiger partial charge in [-0.3, -0.25) is 14.7 Å². The van der Waals surface area contributed by atoms with Crippen LogP contribution < -0.4 is 0 Å². The van der Waals surface area contributed by atoms with E-state index in [1.807, 2.05) is 19.1 Å². The molecule has 0 unspecified atom stereocenters. The molecule has 3 nitrogen and oxygen atoms in total. The van der Waals surface area contributed by atoms with Crippen LogP contribution in [0.3, 0.4) is 0 Å². The van der Waals surface area contributed by atoms with Crippen molar-refractivity contribution in [2.45, 2.75) is 19.9 Å². The summed E-state index contributed by atoms with van der Waals surface area (Å²) < 4.78 is 12.8. The largest absolute Gasteiger partial charge is 0.298 e. The summed E-state index contributed by atoms with van der Waals surface area (Å²) in [5.41, 5.74) is 1.99. The third-order valence-corrected chi connectivity index (χ3v) is 3.32. The summed E-state index contributed by atoms with van der Waals surface area (Å²) in [4.78, 5) is 18.2. The van der Waals surface area contributed by atoms with Gasteiger partial charge in [-0.1, -0.05) is 19.1 Å². The van der Waals surface area contributed by atoms with Gasteiger partial charge in [-0.2, -0.15) is 0 Å². The minimum Gasteiger partial charge on any atom is -0.298 e. The minimum atomic E-state index is -0.279. The highest BCUT2D eigenvalue weighted by atomic mass is 19.1. The number of likely N-dealkylation sites (N-methyl/N-ethyl adjacent to an activating group) is 1. The van der Waals surface area contributed by atoms with Crippen molar-refractivity contribution in [3.05, 3.63) is 65.7 Å². The first-order chi connectivity index (χ1) is 10.2. The first-order valence-corrected chi connectivity index (χ1v) is 7.04. The molecule has 4 heteroatoms. The van der Waals surface area contributed by atoms with Crippen LogP contribution in [0.2, 0.25) is 0 Å². The molecule has 0 fully saturated rings. The van der Waals surface area contributed by atoms with E-state index < -0.39 is 0 Å². The number of halogens is 1. The summed E-state index contributed by atoms with van der Waals surface area (Å²) in [5.74, 6) is -0.142. The predicted molar refractivity (Wildman–Crippen MR) is 80.3 cm³/mol. The van der Waals surface area contributed by atoms with Crippen LogP contribution in [0.25, 0.3) is 0 Å². The van der Waals surface area contributed by atoms with Crippen LogP contribution in [0.4, 0.5) is 4.39 Å². The summed E-state index contributed by atoms with van der Waals surface area (Å²) in [6.07, 6.45) is 3.85. The fourth-order valence-electron chi connectivity index (χ4n) is 2.16. The van der Waals surface area contributed by atoms with E-state index in [4.69, 9.17) is 0 Å². The zero-order valence-corrected chi connectivity index (χ0v) is 12.1. The standard InChI is InChI=1S/C17H19FN2O/c1-2-20(12-15-7-9-19-10-8-15)13-17(21)11-14-3-5-16(18)6-4-14/h3-10H,2,11-13H2,1H3. The second-order valence-corrected chi connectivity index (χ2v) is 5.00. The molecular formula is C17H19FN2O. The Balaban J connectivity index is 1.89. The first kappa shape index (κ1) is 15.3. The fourth-order valence-corrected chi connectivity index (χ4v) is 2.16. The minimum absolute atomic E-state index is 0.137. The summed E-state index contributed by atoms with van der Waals surface area (Å²) in [6, 6.07) is 9.99. The van der Waals surface area contributed by atoms with Crippen molar-refractivity contribution in [2.75, 3.05) is 13.1 Å². The van der Waals surface area contributed by atoms with Gasteiger partial charge in [0.1, 0.15) is 5.82 Å². The lowest BCUT2D eigenvalue weighted by Crippen LogP contribution is -2.30. The molecule has 110 valence electrons. The summed E-state index contributed by atoms with van der Waals surface area (Å²) in [6.45, 7) is 3.97. The van der Waals surface area contributed by atoms with Crippen molar-refractivity contribution < 1.29 is 9.18 Å². The molecule has 2 rings (SSSR count). The van der Waals surface area contributed by atoms with Crippen molar-refractivity contribution >= 4 is 5.78 Å². The molecule has 21 heavy (non-hydrogen) atoms. The van der Waals surface area contributed by atoms with Crippen LogP contribution in [0.15, 0.2) is 48.8 Å². The molecule has 0 saturated heterocycles. The number of Topliss-reactive ketones (excluding diaryl/α,β-unsaturated/α-hetero) is 1. The highest BCUT2D eigenvalue weighted by Crippen LogP contribution is 2.07. The van der Waals surface area contributed by atoms with Gasteiger partial charge in [0.05, 0.1) is 6.54 Å². The Morgan fingerprint density at radius 2 is 1.76 bits per heavy atom. The smallest absolute Gasteiger partial charge is 0.151 e. The number of nitrogens with zero attached hydrogens (tertiary/aromatic N) is 2. The molecule has 0 atom stereocenters. The maximum absolute atomic E-state index is 12.8. The number of pyridine rings is 1. The van der Waals surface area contributed by atoms with E-state index in [9.17, 15) is 9.18 Å². The molecule has 0 amide bonds. The average Bonchev–Trinajstić information content (AvgIpc) is 2.50. The Morgan fingerprint density at radius 3 is 2.38 bits per heavy atom. The van der Waals surface area contributed by atoms with Crippen LogP contribution in [0.5, 0.6) is 0 Å². The first-order valence-electron chi connectivity index (χ1n) is 7.04. The predicted octanol–water partition coefficient (Wildman–Crippen LogP) is 2.85. The summed E-state index contributed by atoms with van der Waals surface area (Å²) >= 11 is 0. The molecule has 1 aromatic carbocycles. The topological polar surface area (TPSA) is 33.2 Å². The molecule has 1 aromatic heterocycles. The lowest BCUT2D eigenvalue weighted by molar-refractivity contribution is -0.119. The molecule has 0 radical (unpaired) electrons. The molecule has 0 saturated carbocycles. The number of carbonyl (C=O) groups is 1. The Hall–Kier alpha value is -2.07. The number of carbonyl (C=O) groups excluding carboxylic acids is 1. The van der Waals surface area contributed by atoms with Gasteiger partial charge >= 0.3 is 0 Å². The fraction of sp³-hybridized carbons (Fsp3) is 0.294. The van der Waals surface area contributed by atoms with Gasteiger partial charge < -0.3 is 0 Å². The van der Waals surface area contributed by atoms with Crippen LogP contribution in [-0.2, 0) is 17.8 Å². The van der Waals surface area contributed by atoms with E-state index in [0.29, 0.717) is 13.0 Å². The Morgan fingerprint density at radius 1 is 1.10 bits per heavy atom. The molecule has 1 heterocycles. The molecule has 0 aliphatic heterocycles. The quantitative estimate of drug-likeness (QED) is 0.784. The van der Waals surface area contributed by atoms with Gasteiger partial charge in [-0.05, 0) is 41.9 Å². The molecular weight excluding hydrogens is 267 g/mol. The second kappa shape index (κ2) is 7.64. The normalized spacial score (nSPS) is 10.8. The van der Waals surface area contributed by atoms with Crippen LogP contribution in [-0.4, -0.2) is 28.8 Å². The number of ketones is 1. The van der Waals surface area contributed by atoms with Crippen LogP contribution in [0, 0.1) is 5.82 Å². The lowest BCUT2D eigenvalue weighted by atomic mass is 10.1. The number of hydrogen-bond acceptors (Lipinski definition) is 3. The zero-order valence-electron chi connectivity index (χ0n) is 12.1. The van der Waals surface area contributed by atoms with E-state index in [1.54, 1.807) is 24.5 Å². The van der Waals surface area contributed by atoms with Gasteiger partial charge in [-0.15, -0.1) is 0 Å². The van der Waals surface area contributed by atoms with E-state index in [1.165, 1.54) is 12.1 Å². The maximum atomic E-state index is 12.8. The van der Waals surface area contributed by atoms with E-state index in [0.717, 1.165) is 24.2 Å². The number of hydrogen-bond donors (Lipinski definition) is 0. The molecule has 0 N–H and O–H groups in total. The van der Waals surface area contributed by atoms with Gasteiger partial charge in [0.15, 0.2) is 5.78 Å². The number of benzene rings is 1. The monoisotopic (exact) mass is 286 g/mol. The highest BCUT2D eigenvalue weighted by molar-refractivity contribution is 5.82. The van der Waals surface area contributed by atoms with E-state index >= 15 is 0 Å². The third-order valence-electron chi connectivity index (χ3n) is 3.32. The van der Waals surface area contributed by atoms with E-state index in [-0.39, 0.29) is 11.6 Å². The lowest BCUT2D eigenvalue weighted by Gasteiger charge is -2.19. The van der Waals surface area contributed by atoms with Crippen LogP contribution in [0.1, 0.15) is 18.1 Å². The summed E-state index contributed by atoms with van der Waals surface area (Å²) in [7, 11) is 0. The second-order valence-electron chi connectivity index (χ2n) is 5.00. The number of aromatic nitrogens is 1. The molecule has 0 aliphatic rings. The Bertz CT molecular complexity index is 569. The van der Waals surface area contributed by atoms with Crippen molar-refractivity contribution in [1.29, 1.82) is 0 Å². The maximum Gasteiger partial charge on any atom is 0.151 e. The van der Waals surface area contributed by atoms with Gasteiger partial charge in [-0.25, -0.2) is 4.39 Å². The molecule has 2 aromatic rings. The van der Waals surface area contributed by atoms with Crippen molar-refractivity contribution in [3.8, 4) is 0 Å². The van der Waals surface area contributed by atoms with Crippen molar-refractivity contribution in [2.24, 2.45) is 0 Å². The Kier molecular flexibility index (Phi) is 5.58. The molecule has 0 spiro atoms. The average molecular weight is 286 g/mol. The Labute approximate surface area is 124 Å². The van der Waals surface area contributed by atoms with Crippen LogP contribution >= 0.6 is 0 Å². The SMILES string of the molecule is CCN(CC(=O)Cc1ccc(F)cc1)Cc1ccncc1. The van der Waals surface area contributed by atoms with E-state index in [2.05, 4.69) is 9.88 Å². The van der Waals surface area contributed by atoms with Gasteiger partial charge in [0.25, 0.3) is 0 Å². The van der Waals surface area contributed by atoms with Crippen molar-refractivity contribution in [3.63, 3.8) is 0 Å². The highest BCUT2D eigenvalue weighted by Gasteiger charge is 2.10.